The van der Waals surface area contributed by atoms with E-state index in [1.165, 1.54) is 0 Å². The molecular weight excluding hydrogens is 420 g/mol. The minimum atomic E-state index is -0.181. The summed E-state index contributed by atoms with van der Waals surface area (Å²) in [5.41, 5.74) is 2.05. The molecule has 2 aromatic carbocycles. The third kappa shape index (κ3) is 3.97. The predicted octanol–water partition coefficient (Wildman–Crippen LogP) is 4.02. The van der Waals surface area contributed by atoms with Gasteiger partial charge in [-0.05, 0) is 48.5 Å². The van der Waals surface area contributed by atoms with Gasteiger partial charge in [0.2, 0.25) is 12.6 Å². The maximum atomic E-state index is 12.3. The summed E-state index contributed by atoms with van der Waals surface area (Å²) < 4.78 is 18.2. The van der Waals surface area contributed by atoms with Crippen molar-refractivity contribution in [3.8, 4) is 34.5 Å². The minimum absolute atomic E-state index is 0.181. The van der Waals surface area contributed by atoms with Crippen LogP contribution in [0.4, 0.5) is 0 Å². The zero-order valence-electron chi connectivity index (χ0n) is 16.2. The highest BCUT2D eigenvalue weighted by Crippen LogP contribution is 2.35. The van der Waals surface area contributed by atoms with Gasteiger partial charge in [0.1, 0.15) is 5.69 Å². The van der Waals surface area contributed by atoms with Crippen LogP contribution in [-0.4, -0.2) is 34.0 Å². The summed E-state index contributed by atoms with van der Waals surface area (Å²) in [4.78, 5) is 16.8. The first-order valence-corrected chi connectivity index (χ1v) is 9.98. The molecule has 3 heterocycles. The molecule has 1 N–H and O–H groups in total. The lowest BCUT2D eigenvalue weighted by Gasteiger charge is -2.08. The average molecular weight is 437 g/mol. The summed E-state index contributed by atoms with van der Waals surface area (Å²) in [7, 11) is 0. The smallest absolute Gasteiger partial charge is 0.274 e. The maximum absolute atomic E-state index is 12.3. The van der Waals surface area contributed by atoms with Crippen molar-refractivity contribution < 1.29 is 18.8 Å². The van der Waals surface area contributed by atoms with E-state index in [-0.39, 0.29) is 12.7 Å². The number of carbonyl (C=O) groups excluding carboxylic acids is 1. The quantitative estimate of drug-likeness (QED) is 0.491. The SMILES string of the molecule is O=C(NCCn1cccc1-c1nc(-c2ccc3c(c2)OCO3)no1)c1cccc(Cl)c1. The van der Waals surface area contributed by atoms with Crippen LogP contribution in [0, 0.1) is 0 Å². The fraction of sp³-hybridized carbons (Fsp3) is 0.136. The fourth-order valence-corrected chi connectivity index (χ4v) is 3.50. The number of hydrogen-bond acceptors (Lipinski definition) is 6. The minimum Gasteiger partial charge on any atom is -0.454 e. The molecule has 1 aliphatic heterocycles. The molecule has 0 radical (unpaired) electrons. The number of rotatable bonds is 6. The third-order valence-electron chi connectivity index (χ3n) is 4.83. The Balaban J connectivity index is 1.27. The van der Waals surface area contributed by atoms with Gasteiger partial charge in [-0.3, -0.25) is 4.79 Å². The molecule has 2 aromatic heterocycles. The molecule has 8 nitrogen and oxygen atoms in total. The maximum Gasteiger partial charge on any atom is 0.274 e. The van der Waals surface area contributed by atoms with Crippen molar-refractivity contribution >= 4 is 17.5 Å². The van der Waals surface area contributed by atoms with E-state index >= 15 is 0 Å². The van der Waals surface area contributed by atoms with E-state index in [0.29, 0.717) is 46.9 Å². The number of hydrogen-bond donors (Lipinski definition) is 1. The van der Waals surface area contributed by atoms with Crippen LogP contribution in [0.1, 0.15) is 10.4 Å². The Kier molecular flexibility index (Phi) is 5.05. The van der Waals surface area contributed by atoms with Gasteiger partial charge in [-0.15, -0.1) is 0 Å². The van der Waals surface area contributed by atoms with Crippen LogP contribution in [0.25, 0.3) is 23.0 Å². The molecule has 0 spiro atoms. The van der Waals surface area contributed by atoms with Crippen LogP contribution in [0.5, 0.6) is 11.5 Å². The largest absolute Gasteiger partial charge is 0.454 e. The first kappa shape index (κ1) is 19.2. The first-order chi connectivity index (χ1) is 15.2. The van der Waals surface area contributed by atoms with E-state index in [4.69, 9.17) is 25.6 Å². The normalized spacial score (nSPS) is 12.2. The number of benzene rings is 2. The zero-order chi connectivity index (χ0) is 21.2. The second-order valence-electron chi connectivity index (χ2n) is 6.84. The number of fused-ring (bicyclic) bond motifs is 1. The number of nitrogens with one attached hydrogen (secondary N) is 1. The van der Waals surface area contributed by atoms with Gasteiger partial charge in [0.25, 0.3) is 11.8 Å². The Hall–Kier alpha value is -3.78. The van der Waals surface area contributed by atoms with Gasteiger partial charge >= 0.3 is 0 Å². The Labute approximate surface area is 182 Å². The summed E-state index contributed by atoms with van der Waals surface area (Å²) >= 11 is 5.95. The van der Waals surface area contributed by atoms with Crippen molar-refractivity contribution in [1.82, 2.24) is 20.0 Å². The molecule has 1 aliphatic rings. The van der Waals surface area contributed by atoms with Crippen molar-refractivity contribution in [1.29, 1.82) is 0 Å². The molecule has 156 valence electrons. The molecule has 9 heteroatoms. The molecule has 0 unspecified atom stereocenters. The standard InChI is InChI=1S/C22H17ClN4O4/c23-16-4-1-3-15(11-16)21(28)24-8-10-27-9-2-5-17(27)22-25-20(26-31-22)14-6-7-18-19(12-14)30-13-29-18/h1-7,9,11-12H,8,10,13H2,(H,24,28). The van der Waals surface area contributed by atoms with E-state index in [9.17, 15) is 4.79 Å². The fourth-order valence-electron chi connectivity index (χ4n) is 3.31. The Morgan fingerprint density at radius 3 is 2.90 bits per heavy atom. The lowest BCUT2D eigenvalue weighted by atomic mass is 10.2. The van der Waals surface area contributed by atoms with E-state index in [1.807, 2.05) is 41.1 Å². The van der Waals surface area contributed by atoms with Crippen LogP contribution >= 0.6 is 11.6 Å². The Morgan fingerprint density at radius 2 is 2.00 bits per heavy atom. The summed E-state index contributed by atoms with van der Waals surface area (Å²) in [6.45, 7) is 1.17. The number of halogens is 1. The van der Waals surface area contributed by atoms with Crippen molar-refractivity contribution in [3.05, 3.63) is 71.4 Å². The molecular formula is C22H17ClN4O4. The summed E-state index contributed by atoms with van der Waals surface area (Å²) in [5.74, 6) is 2.01. The van der Waals surface area contributed by atoms with Gasteiger partial charge in [-0.2, -0.15) is 4.98 Å². The van der Waals surface area contributed by atoms with Gasteiger partial charge < -0.3 is 23.9 Å². The van der Waals surface area contributed by atoms with Crippen LogP contribution < -0.4 is 14.8 Å². The molecule has 0 fully saturated rings. The van der Waals surface area contributed by atoms with Crippen LogP contribution in [0.3, 0.4) is 0 Å². The van der Waals surface area contributed by atoms with Crippen LogP contribution in [-0.2, 0) is 6.54 Å². The number of amides is 1. The molecule has 0 saturated carbocycles. The first-order valence-electron chi connectivity index (χ1n) is 9.60. The Bertz CT molecular complexity index is 1250. The van der Waals surface area contributed by atoms with E-state index in [0.717, 1.165) is 11.3 Å². The predicted molar refractivity (Wildman–Crippen MR) is 113 cm³/mol. The van der Waals surface area contributed by atoms with E-state index < -0.39 is 0 Å². The summed E-state index contributed by atoms with van der Waals surface area (Å²) in [6, 6.07) is 16.1. The number of aromatic nitrogens is 3. The molecule has 1 amide bonds. The highest BCUT2D eigenvalue weighted by Gasteiger charge is 2.18. The molecule has 0 saturated heterocycles. The van der Waals surface area contributed by atoms with Crippen molar-refractivity contribution in [2.75, 3.05) is 13.3 Å². The van der Waals surface area contributed by atoms with Gasteiger partial charge in [0.05, 0.1) is 0 Å². The monoisotopic (exact) mass is 436 g/mol. The highest BCUT2D eigenvalue weighted by atomic mass is 35.5. The third-order valence-corrected chi connectivity index (χ3v) is 5.07. The molecule has 0 bridgehead atoms. The molecule has 0 atom stereocenters. The van der Waals surface area contributed by atoms with Crippen LogP contribution in [0.2, 0.25) is 5.02 Å². The second-order valence-corrected chi connectivity index (χ2v) is 7.28. The lowest BCUT2D eigenvalue weighted by Crippen LogP contribution is -2.27. The van der Waals surface area contributed by atoms with Crippen molar-refractivity contribution in [3.63, 3.8) is 0 Å². The van der Waals surface area contributed by atoms with Gasteiger partial charge in [-0.25, -0.2) is 0 Å². The molecule has 0 aliphatic carbocycles. The molecule has 5 rings (SSSR count). The van der Waals surface area contributed by atoms with Crippen LogP contribution in [0.15, 0.2) is 65.3 Å². The Morgan fingerprint density at radius 1 is 1.10 bits per heavy atom. The van der Waals surface area contributed by atoms with Gasteiger partial charge in [0.15, 0.2) is 11.5 Å². The van der Waals surface area contributed by atoms with E-state index in [1.54, 1.807) is 24.3 Å². The zero-order valence-corrected chi connectivity index (χ0v) is 17.0. The molecule has 4 aromatic rings. The van der Waals surface area contributed by atoms with E-state index in [2.05, 4.69) is 15.5 Å². The number of ether oxygens (including phenoxy) is 2. The van der Waals surface area contributed by atoms with Gasteiger partial charge in [0, 0.05) is 35.4 Å². The second kappa shape index (κ2) is 8.16. The average Bonchev–Trinajstić information content (AvgIpc) is 3.53. The number of carbonyl (C=O) groups is 1. The highest BCUT2D eigenvalue weighted by molar-refractivity contribution is 6.30. The number of nitrogens with zero attached hydrogens (tertiary/aromatic N) is 3. The van der Waals surface area contributed by atoms with Crippen molar-refractivity contribution in [2.24, 2.45) is 0 Å². The lowest BCUT2D eigenvalue weighted by molar-refractivity contribution is 0.0952. The summed E-state index contributed by atoms with van der Waals surface area (Å²) in [6.07, 6.45) is 1.89. The summed E-state index contributed by atoms with van der Waals surface area (Å²) in [5, 5.41) is 7.50. The topological polar surface area (TPSA) is 91.4 Å². The van der Waals surface area contributed by atoms with Crippen molar-refractivity contribution in [2.45, 2.75) is 6.54 Å². The molecule has 31 heavy (non-hydrogen) atoms. The van der Waals surface area contributed by atoms with Gasteiger partial charge in [-0.1, -0.05) is 22.8 Å².